The molecule has 0 bridgehead atoms. The average Bonchev–Trinajstić information content (AvgIpc) is 2.95. The molecule has 1 aromatic rings. The third-order valence-corrected chi connectivity index (χ3v) is 4.29. The highest BCUT2D eigenvalue weighted by atomic mass is 16.6. The maximum Gasteiger partial charge on any atom is 0.410 e. The van der Waals surface area contributed by atoms with Gasteiger partial charge < -0.3 is 4.74 Å². The molecule has 1 atom stereocenters. The lowest BCUT2D eigenvalue weighted by atomic mass is 9.92. The van der Waals surface area contributed by atoms with Crippen LogP contribution in [0.2, 0.25) is 0 Å². The van der Waals surface area contributed by atoms with E-state index in [1.807, 2.05) is 39.0 Å². The van der Waals surface area contributed by atoms with Crippen molar-refractivity contribution in [3.8, 4) is 0 Å². The van der Waals surface area contributed by atoms with Crippen molar-refractivity contribution >= 4 is 11.9 Å². The van der Waals surface area contributed by atoms with E-state index in [1.54, 1.807) is 4.90 Å². The number of carbonyl (C=O) groups is 2. The van der Waals surface area contributed by atoms with Gasteiger partial charge in [0.1, 0.15) is 5.60 Å². The van der Waals surface area contributed by atoms with Gasteiger partial charge in [0.25, 0.3) is 0 Å². The van der Waals surface area contributed by atoms with E-state index in [0.29, 0.717) is 18.9 Å². The molecular formula is C20H29NO3. The van der Waals surface area contributed by atoms with Crippen molar-refractivity contribution in [1.29, 1.82) is 0 Å². The number of hydrogen-bond acceptors (Lipinski definition) is 3. The summed E-state index contributed by atoms with van der Waals surface area (Å²) in [5.41, 5.74) is 1.72. The number of benzene rings is 1. The monoisotopic (exact) mass is 331 g/mol. The Bertz CT molecular complexity index is 601. The zero-order valence-electron chi connectivity index (χ0n) is 15.5. The highest BCUT2D eigenvalue weighted by Crippen LogP contribution is 2.25. The van der Waals surface area contributed by atoms with Crippen LogP contribution in [0.15, 0.2) is 24.3 Å². The molecule has 1 aliphatic rings. The molecule has 4 heteroatoms. The number of amides is 1. The highest BCUT2D eigenvalue weighted by molar-refractivity contribution is 5.89. The highest BCUT2D eigenvalue weighted by Gasteiger charge is 2.36. The third kappa shape index (κ3) is 4.59. The standard InChI is InChI=1S/C20H29NO3/c1-14(2)16-10-7-6-9-15(16)13-18(22)17-11-8-12-21(17)19(23)24-20(3,4)5/h6-7,9-10,14,17H,8,11-13H2,1-5H3/t17-/m0/s1. The Kier molecular flexibility index (Phi) is 5.68. The van der Waals surface area contributed by atoms with E-state index in [2.05, 4.69) is 19.9 Å². The number of nitrogens with zero attached hydrogens (tertiary/aromatic N) is 1. The molecule has 1 aromatic carbocycles. The molecule has 1 heterocycles. The molecule has 0 aromatic heterocycles. The van der Waals surface area contributed by atoms with Gasteiger partial charge in [-0.25, -0.2) is 4.79 Å². The van der Waals surface area contributed by atoms with Gasteiger partial charge in [-0.05, 0) is 50.7 Å². The fourth-order valence-electron chi connectivity index (χ4n) is 3.20. The Hall–Kier alpha value is -1.84. The maximum absolute atomic E-state index is 12.8. The lowest BCUT2D eigenvalue weighted by Crippen LogP contribution is -2.43. The summed E-state index contributed by atoms with van der Waals surface area (Å²) in [6.07, 6.45) is 1.57. The summed E-state index contributed by atoms with van der Waals surface area (Å²) in [6, 6.07) is 7.70. The molecule has 1 aliphatic heterocycles. The Morgan fingerprint density at radius 3 is 2.54 bits per heavy atom. The van der Waals surface area contributed by atoms with Gasteiger partial charge in [-0.2, -0.15) is 0 Å². The third-order valence-electron chi connectivity index (χ3n) is 4.29. The van der Waals surface area contributed by atoms with Crippen LogP contribution in [0, 0.1) is 0 Å². The van der Waals surface area contributed by atoms with E-state index in [1.165, 1.54) is 5.56 Å². The van der Waals surface area contributed by atoms with Gasteiger partial charge in [-0.3, -0.25) is 9.69 Å². The minimum absolute atomic E-state index is 0.103. The molecule has 1 fully saturated rings. The first kappa shape index (κ1) is 18.5. The molecular weight excluding hydrogens is 302 g/mol. The zero-order chi connectivity index (χ0) is 17.9. The Morgan fingerprint density at radius 2 is 1.92 bits per heavy atom. The number of ether oxygens (including phenoxy) is 1. The number of rotatable bonds is 4. The van der Waals surface area contributed by atoms with E-state index < -0.39 is 5.60 Å². The van der Waals surface area contributed by atoms with Gasteiger partial charge in [0.15, 0.2) is 5.78 Å². The summed E-state index contributed by atoms with van der Waals surface area (Å²) in [7, 11) is 0. The minimum atomic E-state index is -0.544. The van der Waals surface area contributed by atoms with Crippen LogP contribution in [0.3, 0.4) is 0 Å². The van der Waals surface area contributed by atoms with E-state index in [9.17, 15) is 9.59 Å². The number of ketones is 1. The topological polar surface area (TPSA) is 46.6 Å². The van der Waals surface area contributed by atoms with Crippen LogP contribution in [0.1, 0.15) is 64.5 Å². The minimum Gasteiger partial charge on any atom is -0.444 e. The second-order valence-corrected chi connectivity index (χ2v) is 7.83. The van der Waals surface area contributed by atoms with Crippen molar-refractivity contribution < 1.29 is 14.3 Å². The molecule has 0 unspecified atom stereocenters. The predicted molar refractivity (Wildman–Crippen MR) is 95.2 cm³/mol. The van der Waals surface area contributed by atoms with Crippen molar-refractivity contribution in [2.45, 2.75) is 71.4 Å². The van der Waals surface area contributed by atoms with Gasteiger partial charge in [0, 0.05) is 13.0 Å². The molecule has 2 rings (SSSR count). The number of Topliss-reactive ketones (excluding diaryl/α,β-unsaturated/α-hetero) is 1. The van der Waals surface area contributed by atoms with E-state index in [0.717, 1.165) is 18.4 Å². The summed E-state index contributed by atoms with van der Waals surface area (Å²) in [5, 5.41) is 0. The van der Waals surface area contributed by atoms with Crippen molar-refractivity contribution in [2.24, 2.45) is 0 Å². The quantitative estimate of drug-likeness (QED) is 0.825. The van der Waals surface area contributed by atoms with Crippen molar-refractivity contribution in [2.75, 3.05) is 6.54 Å². The fourth-order valence-corrected chi connectivity index (χ4v) is 3.20. The molecule has 4 nitrogen and oxygen atoms in total. The molecule has 1 amide bonds. The second-order valence-electron chi connectivity index (χ2n) is 7.83. The van der Waals surface area contributed by atoms with Crippen molar-refractivity contribution in [1.82, 2.24) is 4.90 Å². The molecule has 0 saturated carbocycles. The van der Waals surface area contributed by atoms with Gasteiger partial charge in [0.05, 0.1) is 6.04 Å². The molecule has 0 aliphatic carbocycles. The van der Waals surface area contributed by atoms with E-state index in [-0.39, 0.29) is 17.9 Å². The molecule has 132 valence electrons. The average molecular weight is 331 g/mol. The number of hydrogen-bond donors (Lipinski definition) is 0. The van der Waals surface area contributed by atoms with Crippen LogP contribution in [0.4, 0.5) is 4.79 Å². The van der Waals surface area contributed by atoms with Crippen molar-refractivity contribution in [3.05, 3.63) is 35.4 Å². The van der Waals surface area contributed by atoms with Crippen LogP contribution in [-0.4, -0.2) is 35.0 Å². The van der Waals surface area contributed by atoms with Gasteiger partial charge in [-0.1, -0.05) is 38.1 Å². The summed E-state index contributed by atoms with van der Waals surface area (Å²) in [4.78, 5) is 26.8. The lowest BCUT2D eigenvalue weighted by molar-refractivity contribution is -0.122. The lowest BCUT2D eigenvalue weighted by Gasteiger charge is -2.28. The SMILES string of the molecule is CC(C)c1ccccc1CC(=O)[C@@H]1CCCN1C(=O)OC(C)(C)C. The fraction of sp³-hybridized carbons (Fsp3) is 0.600. The Balaban J connectivity index is 2.10. The number of carbonyl (C=O) groups excluding carboxylic acids is 2. The smallest absolute Gasteiger partial charge is 0.410 e. The van der Waals surface area contributed by atoms with Crippen LogP contribution >= 0.6 is 0 Å². The first-order chi connectivity index (χ1) is 11.2. The number of likely N-dealkylation sites (tertiary alicyclic amines) is 1. The van der Waals surface area contributed by atoms with Gasteiger partial charge >= 0.3 is 6.09 Å². The Morgan fingerprint density at radius 1 is 1.25 bits per heavy atom. The van der Waals surface area contributed by atoms with Crippen LogP contribution in [0.5, 0.6) is 0 Å². The summed E-state index contributed by atoms with van der Waals surface area (Å²) < 4.78 is 5.45. The largest absolute Gasteiger partial charge is 0.444 e. The summed E-state index contributed by atoms with van der Waals surface area (Å²) in [6.45, 7) is 10.4. The van der Waals surface area contributed by atoms with E-state index in [4.69, 9.17) is 4.74 Å². The normalized spacial score (nSPS) is 18.1. The maximum atomic E-state index is 12.8. The second kappa shape index (κ2) is 7.37. The van der Waals surface area contributed by atoms with Crippen LogP contribution < -0.4 is 0 Å². The van der Waals surface area contributed by atoms with Crippen LogP contribution in [0.25, 0.3) is 0 Å². The first-order valence-corrected chi connectivity index (χ1v) is 8.79. The van der Waals surface area contributed by atoms with Crippen molar-refractivity contribution in [3.63, 3.8) is 0 Å². The summed E-state index contributed by atoms with van der Waals surface area (Å²) in [5.74, 6) is 0.478. The molecule has 0 spiro atoms. The first-order valence-electron chi connectivity index (χ1n) is 8.79. The van der Waals surface area contributed by atoms with Gasteiger partial charge in [-0.15, -0.1) is 0 Å². The molecule has 0 N–H and O–H groups in total. The zero-order valence-corrected chi connectivity index (χ0v) is 15.5. The Labute approximate surface area is 145 Å². The predicted octanol–water partition coefficient (Wildman–Crippen LogP) is 4.32. The molecule has 1 saturated heterocycles. The summed E-state index contributed by atoms with van der Waals surface area (Å²) >= 11 is 0. The van der Waals surface area contributed by atoms with E-state index >= 15 is 0 Å². The molecule has 24 heavy (non-hydrogen) atoms. The van der Waals surface area contributed by atoms with Crippen LogP contribution in [-0.2, 0) is 16.0 Å². The van der Waals surface area contributed by atoms with Gasteiger partial charge in [0.2, 0.25) is 0 Å². The molecule has 0 radical (unpaired) electrons.